The molecule has 1 aliphatic rings. The fraction of sp³-hybridized carbons (Fsp3) is 0.235. The van der Waals surface area contributed by atoms with Crippen molar-refractivity contribution >= 4 is 27.7 Å². The number of hydrogen-bond donors (Lipinski definition) is 3. The third kappa shape index (κ3) is 8.13. The predicted octanol–water partition coefficient (Wildman–Crippen LogP) is 6.62. The Morgan fingerprint density at radius 3 is 2.45 bits per heavy atom. The maximum atomic E-state index is 14.4. The smallest absolute Gasteiger partial charge is 0.266 e. The van der Waals surface area contributed by atoms with Crippen molar-refractivity contribution in [2.75, 3.05) is 13.2 Å². The predicted molar refractivity (Wildman–Crippen MR) is 175 cm³/mol. The monoisotopic (exact) mass is 704 g/mol. The average molecular weight is 706 g/mol. The summed E-state index contributed by atoms with van der Waals surface area (Å²) in [5, 5.41) is 12.8. The van der Waals surface area contributed by atoms with Crippen LogP contribution in [0.3, 0.4) is 0 Å². The zero-order valence-corrected chi connectivity index (χ0v) is 26.7. The van der Waals surface area contributed by atoms with Crippen molar-refractivity contribution in [1.29, 1.82) is 0 Å². The van der Waals surface area contributed by atoms with E-state index >= 15 is 0 Å². The molecular weight excluding hydrogens is 674 g/mol. The molecule has 47 heavy (non-hydrogen) atoms. The van der Waals surface area contributed by atoms with E-state index in [4.69, 9.17) is 25.1 Å². The summed E-state index contributed by atoms with van der Waals surface area (Å²) in [5.74, 6) is -1.23. The summed E-state index contributed by atoms with van der Waals surface area (Å²) >= 11 is 3.61. The number of nitrogens with one attached hydrogen (secondary N) is 2. The highest BCUT2D eigenvalue weighted by atomic mass is 79.9. The number of hydrogen-bond acceptors (Lipinski definition) is 7. The van der Waals surface area contributed by atoms with Gasteiger partial charge < -0.3 is 14.6 Å². The Morgan fingerprint density at radius 2 is 1.74 bits per heavy atom. The fourth-order valence-electron chi connectivity index (χ4n) is 5.28. The molecular formula is C34H31BrF2N6O4. The van der Waals surface area contributed by atoms with Crippen molar-refractivity contribution in [3.63, 3.8) is 0 Å². The van der Waals surface area contributed by atoms with Gasteiger partial charge in [-0.2, -0.15) is 0 Å². The van der Waals surface area contributed by atoms with Gasteiger partial charge in [-0.15, -0.1) is 0 Å². The lowest BCUT2D eigenvalue weighted by Crippen LogP contribution is -2.53. The van der Waals surface area contributed by atoms with E-state index in [1.54, 1.807) is 24.3 Å². The number of carbonyl (C=O) groups excluding carboxylic acids is 1. The van der Waals surface area contributed by atoms with Gasteiger partial charge in [0.15, 0.2) is 11.6 Å². The molecule has 13 heteroatoms. The summed E-state index contributed by atoms with van der Waals surface area (Å²) in [6.45, 7) is 0.357. The molecule has 0 saturated heterocycles. The quantitative estimate of drug-likeness (QED) is 0.0445. The van der Waals surface area contributed by atoms with E-state index in [-0.39, 0.29) is 37.6 Å². The van der Waals surface area contributed by atoms with E-state index in [2.05, 4.69) is 36.8 Å². The molecule has 0 radical (unpaired) electrons. The first-order valence-corrected chi connectivity index (χ1v) is 15.5. The second kappa shape index (κ2) is 15.7. The molecule has 4 aromatic rings. The second-order valence-electron chi connectivity index (χ2n) is 10.7. The average Bonchev–Trinajstić information content (AvgIpc) is 3.44. The molecule has 0 spiro atoms. The topological polar surface area (TPSA) is 141 Å². The number of benzene rings is 4. The van der Waals surface area contributed by atoms with E-state index < -0.39 is 29.2 Å². The molecule has 0 aliphatic carbocycles. The maximum absolute atomic E-state index is 14.4. The Hall–Kier alpha value is -4.81. The number of aliphatic imine (C=N–C) groups is 1. The zero-order chi connectivity index (χ0) is 33.2. The Bertz CT molecular complexity index is 1780. The number of halogens is 3. The number of ether oxygens (including phenoxy) is 2. The van der Waals surface area contributed by atoms with E-state index in [9.17, 15) is 13.6 Å². The lowest BCUT2D eigenvalue weighted by molar-refractivity contribution is -0.130. The van der Waals surface area contributed by atoms with E-state index in [1.807, 2.05) is 48.5 Å². The number of hydrazine groups is 1. The van der Waals surface area contributed by atoms with Crippen molar-refractivity contribution in [3.05, 3.63) is 145 Å². The molecule has 4 aromatic carbocycles. The van der Waals surface area contributed by atoms with Crippen LogP contribution in [0.5, 0.6) is 5.75 Å². The maximum Gasteiger partial charge on any atom is 0.266 e. The first-order valence-electron chi connectivity index (χ1n) is 14.7. The molecule has 1 heterocycles. The van der Waals surface area contributed by atoms with E-state index in [0.717, 1.165) is 6.07 Å². The Kier molecular flexibility index (Phi) is 11.2. The number of nitrogens with zero attached hydrogens (tertiary/aromatic N) is 4. The molecule has 3 N–H and O–H groups in total. The van der Waals surface area contributed by atoms with Crippen LogP contribution in [0, 0.1) is 11.6 Å². The van der Waals surface area contributed by atoms with Gasteiger partial charge >= 0.3 is 0 Å². The van der Waals surface area contributed by atoms with Gasteiger partial charge in [0.25, 0.3) is 5.91 Å². The van der Waals surface area contributed by atoms with Crippen LogP contribution < -0.4 is 15.6 Å². The SMILES string of the molecule is [N-]=[N+]=NCc1ccccc1C[C@]1(C(=O)NNCc2cc(F)cc(F)c2)N=C(c2ccc(OCCCO)cc2)O[C@H]1c1ccccc1Br. The Balaban J connectivity index is 1.57. The van der Waals surface area contributed by atoms with Crippen LogP contribution in [0.15, 0.2) is 106 Å². The summed E-state index contributed by atoms with van der Waals surface area (Å²) in [5.41, 5.74) is 15.8. The van der Waals surface area contributed by atoms with Crippen LogP contribution >= 0.6 is 15.9 Å². The van der Waals surface area contributed by atoms with Crippen molar-refractivity contribution in [3.8, 4) is 5.75 Å². The van der Waals surface area contributed by atoms with Gasteiger partial charge in [-0.25, -0.2) is 19.2 Å². The molecule has 0 saturated carbocycles. The molecule has 2 atom stereocenters. The van der Waals surface area contributed by atoms with Gasteiger partial charge in [0, 0.05) is 52.6 Å². The van der Waals surface area contributed by atoms with Crippen LogP contribution in [-0.4, -0.2) is 35.7 Å². The van der Waals surface area contributed by atoms with Crippen LogP contribution in [0.1, 0.15) is 40.3 Å². The molecule has 0 bridgehead atoms. The molecule has 1 amide bonds. The summed E-state index contributed by atoms with van der Waals surface area (Å²) < 4.78 is 40.6. The number of aliphatic hydroxyl groups excluding tert-OH is 1. The molecule has 0 fully saturated rings. The summed E-state index contributed by atoms with van der Waals surface area (Å²) in [6.07, 6.45) is -0.398. The number of aliphatic hydroxyl groups is 1. The summed E-state index contributed by atoms with van der Waals surface area (Å²) in [6, 6.07) is 24.8. The second-order valence-corrected chi connectivity index (χ2v) is 11.6. The lowest BCUT2D eigenvalue weighted by Gasteiger charge is -2.32. The van der Waals surface area contributed by atoms with Crippen LogP contribution in [0.4, 0.5) is 8.78 Å². The van der Waals surface area contributed by atoms with Gasteiger partial charge in [-0.3, -0.25) is 10.2 Å². The highest BCUT2D eigenvalue weighted by molar-refractivity contribution is 9.10. The van der Waals surface area contributed by atoms with E-state index in [1.165, 1.54) is 12.1 Å². The third-order valence-electron chi connectivity index (χ3n) is 7.52. The van der Waals surface area contributed by atoms with Gasteiger partial charge in [-0.05, 0) is 64.7 Å². The minimum atomic E-state index is -1.61. The van der Waals surface area contributed by atoms with Crippen molar-refractivity contribution in [2.45, 2.75) is 37.6 Å². The minimum absolute atomic E-state index is 0.0171. The molecule has 1 aliphatic heterocycles. The Labute approximate surface area is 278 Å². The Morgan fingerprint density at radius 1 is 1.04 bits per heavy atom. The van der Waals surface area contributed by atoms with Gasteiger partial charge in [-0.1, -0.05) is 63.5 Å². The highest BCUT2D eigenvalue weighted by Gasteiger charge is 2.54. The van der Waals surface area contributed by atoms with Gasteiger partial charge in [0.1, 0.15) is 17.4 Å². The largest absolute Gasteiger partial charge is 0.494 e. The molecule has 0 unspecified atom stereocenters. The van der Waals surface area contributed by atoms with Gasteiger partial charge in [0.2, 0.25) is 5.90 Å². The van der Waals surface area contributed by atoms with Crippen LogP contribution in [-0.2, 0) is 29.0 Å². The standard InChI is InChI=1S/C34H31BrF2N6O4/c35-30-9-4-3-8-29(30)31-34(19-24-6-1-2-7-25(24)21-40-43-38,33(45)42-39-20-22-16-26(36)18-27(37)17-22)41-32(47-31)23-10-12-28(13-11-23)46-15-5-14-44/h1-4,6-13,16-18,31,39,44H,5,14-15,19-21H2,(H,42,45)/t31-,34-/m0/s1. The zero-order valence-electron chi connectivity index (χ0n) is 25.1. The normalized spacial score (nSPS) is 16.9. The lowest BCUT2D eigenvalue weighted by atomic mass is 9.81. The summed E-state index contributed by atoms with van der Waals surface area (Å²) in [4.78, 5) is 22.3. The van der Waals surface area contributed by atoms with Crippen LogP contribution in [0.25, 0.3) is 10.4 Å². The third-order valence-corrected chi connectivity index (χ3v) is 8.24. The number of carbonyl (C=O) groups is 1. The number of amides is 1. The van der Waals surface area contributed by atoms with Gasteiger partial charge in [0.05, 0.1) is 13.2 Å². The minimum Gasteiger partial charge on any atom is -0.494 e. The van der Waals surface area contributed by atoms with Crippen molar-refractivity contribution in [2.24, 2.45) is 10.1 Å². The van der Waals surface area contributed by atoms with Crippen LogP contribution in [0.2, 0.25) is 0 Å². The van der Waals surface area contributed by atoms with Crippen molar-refractivity contribution in [1.82, 2.24) is 10.9 Å². The highest BCUT2D eigenvalue weighted by Crippen LogP contribution is 2.45. The number of azide groups is 1. The molecule has 5 rings (SSSR count). The molecule has 0 aromatic heterocycles. The molecule has 10 nitrogen and oxygen atoms in total. The number of rotatable bonds is 14. The fourth-order valence-corrected chi connectivity index (χ4v) is 5.77. The van der Waals surface area contributed by atoms with E-state index in [0.29, 0.717) is 45.5 Å². The molecule has 242 valence electrons. The summed E-state index contributed by atoms with van der Waals surface area (Å²) in [7, 11) is 0. The first kappa shape index (κ1) is 33.6. The van der Waals surface area contributed by atoms with Crippen molar-refractivity contribution < 1.29 is 28.2 Å². The first-order chi connectivity index (χ1) is 22.8.